The highest BCUT2D eigenvalue weighted by molar-refractivity contribution is 7.90. The molecule has 0 fully saturated rings. The lowest BCUT2D eigenvalue weighted by atomic mass is 9.76. The maximum absolute atomic E-state index is 12.5. The molecule has 0 bridgehead atoms. The van der Waals surface area contributed by atoms with Gasteiger partial charge in [0.2, 0.25) is 0 Å². The van der Waals surface area contributed by atoms with Gasteiger partial charge in [-0.3, -0.25) is 4.68 Å². The first kappa shape index (κ1) is 15.8. The van der Waals surface area contributed by atoms with Crippen molar-refractivity contribution >= 4 is 21.7 Å². The van der Waals surface area contributed by atoms with Gasteiger partial charge in [0.15, 0.2) is 5.03 Å². The summed E-state index contributed by atoms with van der Waals surface area (Å²) in [6.45, 7) is 1.92. The van der Waals surface area contributed by atoms with E-state index < -0.39 is 16.1 Å². The van der Waals surface area contributed by atoms with Crippen molar-refractivity contribution in [3.8, 4) is 0 Å². The van der Waals surface area contributed by atoms with Crippen LogP contribution in [0.3, 0.4) is 0 Å². The summed E-state index contributed by atoms with van der Waals surface area (Å²) in [4.78, 5) is 12.4. The van der Waals surface area contributed by atoms with Crippen LogP contribution in [0.4, 0.5) is 10.5 Å². The van der Waals surface area contributed by atoms with Gasteiger partial charge in [0.1, 0.15) is 0 Å². The summed E-state index contributed by atoms with van der Waals surface area (Å²) in [5.74, 6) is 0. The van der Waals surface area contributed by atoms with Crippen molar-refractivity contribution in [2.24, 2.45) is 0 Å². The molecular formula is C17H19N5O3S. The van der Waals surface area contributed by atoms with Crippen LogP contribution in [0, 0.1) is 0 Å². The van der Waals surface area contributed by atoms with Crippen LogP contribution >= 0.6 is 0 Å². The molecule has 0 saturated carbocycles. The number of anilines is 1. The molecule has 3 aliphatic rings. The molecule has 3 N–H and O–H groups in total. The fourth-order valence-corrected chi connectivity index (χ4v) is 4.73. The minimum absolute atomic E-state index is 0.125. The molecule has 2 amide bonds. The molecule has 1 aromatic heterocycles. The van der Waals surface area contributed by atoms with Gasteiger partial charge in [-0.25, -0.2) is 9.52 Å². The molecule has 0 atom stereocenters. The summed E-state index contributed by atoms with van der Waals surface area (Å²) >= 11 is 0. The number of hydrogen-bond donors (Lipinski definition) is 3. The van der Waals surface area contributed by atoms with E-state index in [9.17, 15) is 13.2 Å². The van der Waals surface area contributed by atoms with Gasteiger partial charge in [0, 0.05) is 24.8 Å². The molecule has 136 valence electrons. The van der Waals surface area contributed by atoms with Gasteiger partial charge in [0.05, 0.1) is 12.2 Å². The summed E-state index contributed by atoms with van der Waals surface area (Å²) in [7, 11) is -4.01. The Labute approximate surface area is 151 Å². The molecule has 0 unspecified atom stereocenters. The van der Waals surface area contributed by atoms with Crippen LogP contribution in [0.15, 0.2) is 17.2 Å². The van der Waals surface area contributed by atoms with Crippen LogP contribution in [-0.4, -0.2) is 30.8 Å². The number of carbonyl (C=O) groups excluding carboxylic acids is 1. The fraction of sp³-hybridized carbons (Fsp3) is 0.412. The number of fused-ring (bicyclic) bond motifs is 3. The number of aryl methyl sites for hydroxylation is 2. The van der Waals surface area contributed by atoms with Crippen molar-refractivity contribution in [3.05, 3.63) is 40.1 Å². The van der Waals surface area contributed by atoms with Crippen LogP contribution in [0.25, 0.3) is 0 Å². The van der Waals surface area contributed by atoms with Gasteiger partial charge in [0.25, 0.3) is 10.0 Å². The topological polar surface area (TPSA) is 105 Å². The number of hydrogen-bond acceptors (Lipinski definition) is 5. The normalized spacial score (nSPS) is 17.2. The number of amides is 2. The molecular weight excluding hydrogens is 354 g/mol. The molecule has 1 aromatic carbocycles. The Bertz CT molecular complexity index is 987. The largest absolute Gasteiger partial charge is 0.333 e. The standard InChI is InChI=1S/C17H19N5O3S/c23-17(19-16-13-3-1-10(13)7-11-2-4-14(11)16)21-26(24,25)15-8-12-9-18-5-6-22(12)20-15/h7-8,18H,1-6,9H2,(H2,19,21,23). The molecule has 9 heteroatoms. The summed E-state index contributed by atoms with van der Waals surface area (Å²) in [6, 6.07) is 2.98. The third-order valence-electron chi connectivity index (χ3n) is 5.40. The highest BCUT2D eigenvalue weighted by atomic mass is 32.2. The first-order chi connectivity index (χ1) is 12.5. The second kappa shape index (κ2) is 5.55. The minimum Gasteiger partial charge on any atom is -0.309 e. The zero-order valence-electron chi connectivity index (χ0n) is 14.1. The van der Waals surface area contributed by atoms with Gasteiger partial charge in [-0.2, -0.15) is 13.5 Å². The Hall–Kier alpha value is -2.39. The number of urea groups is 1. The van der Waals surface area contributed by atoms with E-state index in [1.54, 1.807) is 4.68 Å². The Kier molecular flexibility index (Phi) is 3.38. The van der Waals surface area contributed by atoms with Crippen molar-refractivity contribution in [2.45, 2.75) is 43.8 Å². The monoisotopic (exact) mass is 373 g/mol. The van der Waals surface area contributed by atoms with Crippen LogP contribution in [0.5, 0.6) is 0 Å². The molecule has 8 nitrogen and oxygen atoms in total. The molecule has 2 aromatic rings. The maximum atomic E-state index is 12.5. The van der Waals surface area contributed by atoms with Crippen molar-refractivity contribution in [1.82, 2.24) is 19.8 Å². The summed E-state index contributed by atoms with van der Waals surface area (Å²) in [5, 5.41) is 9.92. The number of benzene rings is 1. The summed E-state index contributed by atoms with van der Waals surface area (Å²) in [6.07, 6.45) is 3.88. The van der Waals surface area contributed by atoms with E-state index in [1.165, 1.54) is 17.2 Å². The number of carbonyl (C=O) groups is 1. The van der Waals surface area contributed by atoms with E-state index in [0.29, 0.717) is 13.1 Å². The maximum Gasteiger partial charge on any atom is 0.333 e. The highest BCUT2D eigenvalue weighted by Gasteiger charge is 2.29. The molecule has 26 heavy (non-hydrogen) atoms. The quantitative estimate of drug-likeness (QED) is 0.734. The zero-order chi connectivity index (χ0) is 17.9. The van der Waals surface area contributed by atoms with Gasteiger partial charge in [-0.1, -0.05) is 6.07 Å². The molecule has 2 heterocycles. The molecule has 2 aliphatic carbocycles. The highest BCUT2D eigenvalue weighted by Crippen LogP contribution is 2.40. The lowest BCUT2D eigenvalue weighted by molar-refractivity contribution is 0.256. The van der Waals surface area contributed by atoms with E-state index >= 15 is 0 Å². The molecule has 0 spiro atoms. The van der Waals surface area contributed by atoms with E-state index in [4.69, 9.17) is 0 Å². The average molecular weight is 373 g/mol. The zero-order valence-corrected chi connectivity index (χ0v) is 14.9. The second-order valence-corrected chi connectivity index (χ2v) is 8.59. The lowest BCUT2D eigenvalue weighted by Gasteiger charge is -2.32. The van der Waals surface area contributed by atoms with Gasteiger partial charge >= 0.3 is 6.03 Å². The third kappa shape index (κ3) is 2.42. The van der Waals surface area contributed by atoms with Gasteiger partial charge < -0.3 is 10.6 Å². The van der Waals surface area contributed by atoms with Crippen molar-refractivity contribution in [2.75, 3.05) is 11.9 Å². The number of nitrogens with one attached hydrogen (secondary N) is 3. The van der Waals surface area contributed by atoms with Crippen molar-refractivity contribution in [3.63, 3.8) is 0 Å². The summed E-state index contributed by atoms with van der Waals surface area (Å²) in [5.41, 5.74) is 6.39. The number of nitrogens with zero attached hydrogens (tertiary/aromatic N) is 2. The van der Waals surface area contributed by atoms with Gasteiger partial charge in [-0.05, 0) is 47.9 Å². The van der Waals surface area contributed by atoms with E-state index in [2.05, 4.69) is 26.5 Å². The lowest BCUT2D eigenvalue weighted by Crippen LogP contribution is -2.36. The van der Waals surface area contributed by atoms with E-state index in [-0.39, 0.29) is 5.03 Å². The Balaban J connectivity index is 1.37. The SMILES string of the molecule is O=C(Nc1c2c(cc3c1CC3)CC2)NS(=O)(=O)c1cc2n(n1)CCNC2. The molecule has 1 aliphatic heterocycles. The fourth-order valence-electron chi connectivity index (χ4n) is 3.83. The van der Waals surface area contributed by atoms with E-state index in [0.717, 1.165) is 54.7 Å². The van der Waals surface area contributed by atoms with Crippen molar-refractivity contribution < 1.29 is 13.2 Å². The molecule has 5 rings (SSSR count). The van der Waals surface area contributed by atoms with E-state index in [1.807, 2.05) is 0 Å². The minimum atomic E-state index is -4.01. The predicted molar refractivity (Wildman–Crippen MR) is 94.5 cm³/mol. The second-order valence-electron chi connectivity index (χ2n) is 6.96. The van der Waals surface area contributed by atoms with Crippen LogP contribution < -0.4 is 15.4 Å². The third-order valence-corrected chi connectivity index (χ3v) is 6.61. The number of sulfonamides is 1. The Morgan fingerprint density at radius 3 is 2.46 bits per heavy atom. The van der Waals surface area contributed by atoms with Gasteiger partial charge in [-0.15, -0.1) is 0 Å². The smallest absolute Gasteiger partial charge is 0.309 e. The molecule has 0 radical (unpaired) electrons. The average Bonchev–Trinajstić information content (AvgIpc) is 2.96. The summed E-state index contributed by atoms with van der Waals surface area (Å²) < 4.78 is 28.8. The first-order valence-electron chi connectivity index (χ1n) is 8.79. The first-order valence-corrected chi connectivity index (χ1v) is 10.3. The Morgan fingerprint density at radius 2 is 1.85 bits per heavy atom. The molecule has 0 saturated heterocycles. The van der Waals surface area contributed by atoms with Crippen LogP contribution in [0.2, 0.25) is 0 Å². The van der Waals surface area contributed by atoms with Crippen LogP contribution in [-0.2, 0) is 48.8 Å². The number of rotatable bonds is 3. The van der Waals surface area contributed by atoms with Crippen molar-refractivity contribution in [1.29, 1.82) is 0 Å². The number of aromatic nitrogens is 2. The van der Waals surface area contributed by atoms with Crippen LogP contribution in [0.1, 0.15) is 27.9 Å². The predicted octanol–water partition coefficient (Wildman–Crippen LogP) is 0.694. The Morgan fingerprint density at radius 1 is 1.12 bits per heavy atom.